The van der Waals surface area contributed by atoms with E-state index in [4.69, 9.17) is 9.47 Å². The number of thioether (sulfide) groups is 1. The van der Waals surface area contributed by atoms with Crippen molar-refractivity contribution in [1.29, 1.82) is 0 Å². The van der Waals surface area contributed by atoms with Gasteiger partial charge in [0.25, 0.3) is 0 Å². The molecule has 0 saturated carbocycles. The standard InChI is InChI=1S/C9H14O3S/c1-4-7(10)12-8-9(2,3)11-5-6-13-8/h4,8H,1,5-6H2,2-3H3. The molecule has 0 aliphatic carbocycles. The summed E-state index contributed by atoms with van der Waals surface area (Å²) in [6.45, 7) is 7.89. The van der Waals surface area contributed by atoms with Crippen LogP contribution in [0.15, 0.2) is 12.7 Å². The molecule has 0 radical (unpaired) electrons. The van der Waals surface area contributed by atoms with E-state index >= 15 is 0 Å². The van der Waals surface area contributed by atoms with Gasteiger partial charge in [0.15, 0.2) is 5.44 Å². The molecule has 3 nitrogen and oxygen atoms in total. The van der Waals surface area contributed by atoms with E-state index in [1.807, 2.05) is 13.8 Å². The maximum absolute atomic E-state index is 11.0. The van der Waals surface area contributed by atoms with E-state index in [1.165, 1.54) is 6.08 Å². The summed E-state index contributed by atoms with van der Waals surface area (Å²) in [7, 11) is 0. The van der Waals surface area contributed by atoms with Crippen molar-refractivity contribution >= 4 is 17.7 Å². The van der Waals surface area contributed by atoms with Crippen LogP contribution in [0.4, 0.5) is 0 Å². The summed E-state index contributed by atoms with van der Waals surface area (Å²) >= 11 is 1.60. The van der Waals surface area contributed by atoms with E-state index < -0.39 is 11.6 Å². The number of carbonyl (C=O) groups is 1. The maximum atomic E-state index is 11.0. The quantitative estimate of drug-likeness (QED) is 0.503. The van der Waals surface area contributed by atoms with Crippen LogP contribution < -0.4 is 0 Å². The monoisotopic (exact) mass is 202 g/mol. The van der Waals surface area contributed by atoms with Gasteiger partial charge in [0, 0.05) is 11.8 Å². The van der Waals surface area contributed by atoms with Gasteiger partial charge in [-0.15, -0.1) is 11.8 Å². The second kappa shape index (κ2) is 4.15. The lowest BCUT2D eigenvalue weighted by molar-refractivity contribution is -0.152. The number of esters is 1. The molecule has 0 aromatic heterocycles. The molecule has 1 aliphatic rings. The van der Waals surface area contributed by atoms with Gasteiger partial charge in [-0.05, 0) is 13.8 Å². The third-order valence-electron chi connectivity index (χ3n) is 1.78. The van der Waals surface area contributed by atoms with Crippen molar-refractivity contribution in [1.82, 2.24) is 0 Å². The van der Waals surface area contributed by atoms with Crippen LogP contribution >= 0.6 is 11.8 Å². The third-order valence-corrected chi connectivity index (χ3v) is 3.15. The highest BCUT2D eigenvalue weighted by Gasteiger charge is 2.36. The molecule has 1 unspecified atom stereocenters. The van der Waals surface area contributed by atoms with Crippen molar-refractivity contribution in [3.8, 4) is 0 Å². The topological polar surface area (TPSA) is 35.5 Å². The average Bonchev–Trinajstić information content (AvgIpc) is 2.08. The van der Waals surface area contributed by atoms with E-state index in [1.54, 1.807) is 11.8 Å². The van der Waals surface area contributed by atoms with Gasteiger partial charge in [0.2, 0.25) is 0 Å². The van der Waals surface area contributed by atoms with Crippen LogP contribution in [0.2, 0.25) is 0 Å². The van der Waals surface area contributed by atoms with Crippen LogP contribution in [0.1, 0.15) is 13.8 Å². The molecule has 74 valence electrons. The lowest BCUT2D eigenvalue weighted by Crippen LogP contribution is -2.43. The molecule has 0 bridgehead atoms. The summed E-state index contributed by atoms with van der Waals surface area (Å²) in [4.78, 5) is 11.0. The summed E-state index contributed by atoms with van der Waals surface area (Å²) in [6, 6.07) is 0. The Bertz CT molecular complexity index is 213. The molecule has 1 atom stereocenters. The fraction of sp³-hybridized carbons (Fsp3) is 0.667. The summed E-state index contributed by atoms with van der Waals surface area (Å²) in [5.41, 5.74) is -0.631. The van der Waals surface area contributed by atoms with Crippen LogP contribution in [-0.2, 0) is 14.3 Å². The van der Waals surface area contributed by atoms with E-state index in [9.17, 15) is 4.79 Å². The Morgan fingerprint density at radius 1 is 1.77 bits per heavy atom. The number of ether oxygens (including phenoxy) is 2. The largest absolute Gasteiger partial charge is 0.445 e. The predicted molar refractivity (Wildman–Crippen MR) is 52.6 cm³/mol. The van der Waals surface area contributed by atoms with Gasteiger partial charge in [-0.2, -0.15) is 0 Å². The first kappa shape index (κ1) is 10.6. The normalized spacial score (nSPS) is 26.5. The lowest BCUT2D eigenvalue weighted by atomic mass is 10.1. The minimum absolute atomic E-state index is 0.230. The Morgan fingerprint density at radius 2 is 2.46 bits per heavy atom. The van der Waals surface area contributed by atoms with Gasteiger partial charge >= 0.3 is 5.97 Å². The molecule has 0 amide bonds. The first-order valence-corrected chi connectivity index (χ1v) is 5.20. The first-order valence-electron chi connectivity index (χ1n) is 4.15. The number of rotatable bonds is 2. The molecular formula is C9H14O3S. The lowest BCUT2D eigenvalue weighted by Gasteiger charge is -2.36. The minimum Gasteiger partial charge on any atom is -0.445 e. The number of hydrogen-bond donors (Lipinski definition) is 0. The molecule has 1 aliphatic heterocycles. The van der Waals surface area contributed by atoms with Crippen molar-refractivity contribution in [2.45, 2.75) is 24.9 Å². The molecule has 0 aromatic carbocycles. The van der Waals surface area contributed by atoms with Gasteiger partial charge in [-0.25, -0.2) is 4.79 Å². The van der Waals surface area contributed by atoms with Crippen molar-refractivity contribution < 1.29 is 14.3 Å². The predicted octanol–water partition coefficient (Wildman–Crippen LogP) is 1.58. The first-order chi connectivity index (χ1) is 6.06. The summed E-state index contributed by atoms with van der Waals surface area (Å²) in [5, 5.41) is 0. The van der Waals surface area contributed by atoms with Crippen molar-refractivity contribution in [3.05, 3.63) is 12.7 Å². The SMILES string of the molecule is C=CC(=O)OC1SCCOC1(C)C. The zero-order valence-electron chi connectivity index (χ0n) is 7.91. The van der Waals surface area contributed by atoms with E-state index in [0.717, 1.165) is 5.75 Å². The molecule has 0 N–H and O–H groups in total. The Balaban J connectivity index is 2.55. The van der Waals surface area contributed by atoms with Crippen LogP contribution in [0.3, 0.4) is 0 Å². The van der Waals surface area contributed by atoms with Crippen molar-refractivity contribution in [2.24, 2.45) is 0 Å². The maximum Gasteiger partial charge on any atom is 0.331 e. The van der Waals surface area contributed by atoms with E-state index in [-0.39, 0.29) is 5.44 Å². The summed E-state index contributed by atoms with van der Waals surface area (Å²) in [5.74, 6) is 0.467. The van der Waals surface area contributed by atoms with Gasteiger partial charge in [-0.1, -0.05) is 6.58 Å². The molecule has 1 saturated heterocycles. The average molecular weight is 202 g/mol. The second-order valence-corrected chi connectivity index (χ2v) is 4.47. The fourth-order valence-electron chi connectivity index (χ4n) is 1.06. The molecule has 1 heterocycles. The van der Waals surface area contributed by atoms with Gasteiger partial charge in [0.1, 0.15) is 5.60 Å². The Labute approximate surface area is 82.5 Å². The Morgan fingerprint density at radius 3 is 3.00 bits per heavy atom. The van der Waals surface area contributed by atoms with Crippen LogP contribution in [0.5, 0.6) is 0 Å². The number of carbonyl (C=O) groups excluding carboxylic acids is 1. The molecule has 13 heavy (non-hydrogen) atoms. The van der Waals surface area contributed by atoms with Gasteiger partial charge in [0.05, 0.1) is 6.61 Å². The molecule has 0 aromatic rings. The van der Waals surface area contributed by atoms with E-state index in [0.29, 0.717) is 6.61 Å². The van der Waals surface area contributed by atoms with E-state index in [2.05, 4.69) is 6.58 Å². The van der Waals surface area contributed by atoms with Gasteiger partial charge < -0.3 is 9.47 Å². The molecular weight excluding hydrogens is 188 g/mol. The smallest absolute Gasteiger partial charge is 0.331 e. The second-order valence-electron chi connectivity index (χ2n) is 3.30. The minimum atomic E-state index is -0.401. The molecule has 1 fully saturated rings. The van der Waals surface area contributed by atoms with Crippen molar-refractivity contribution in [3.63, 3.8) is 0 Å². The third kappa shape index (κ3) is 2.74. The zero-order chi connectivity index (χ0) is 9.90. The molecule has 1 rings (SSSR count). The summed E-state index contributed by atoms with van der Waals surface area (Å²) in [6.07, 6.45) is 1.17. The molecule has 4 heteroatoms. The fourth-order valence-corrected chi connectivity index (χ4v) is 2.08. The Kier molecular flexibility index (Phi) is 3.39. The highest BCUT2D eigenvalue weighted by atomic mass is 32.2. The van der Waals surface area contributed by atoms with Crippen molar-refractivity contribution in [2.75, 3.05) is 12.4 Å². The van der Waals surface area contributed by atoms with Crippen LogP contribution in [-0.4, -0.2) is 29.4 Å². The van der Waals surface area contributed by atoms with Gasteiger partial charge in [-0.3, -0.25) is 0 Å². The highest BCUT2D eigenvalue weighted by Crippen LogP contribution is 2.31. The number of hydrogen-bond acceptors (Lipinski definition) is 4. The van der Waals surface area contributed by atoms with Crippen LogP contribution in [0, 0.1) is 0 Å². The summed E-state index contributed by atoms with van der Waals surface area (Å²) < 4.78 is 10.6. The molecule has 0 spiro atoms. The highest BCUT2D eigenvalue weighted by molar-refractivity contribution is 7.99. The zero-order valence-corrected chi connectivity index (χ0v) is 8.73. The van der Waals surface area contributed by atoms with Crippen LogP contribution in [0.25, 0.3) is 0 Å². The Hall–Kier alpha value is -0.480.